The molecule has 1 aromatic heterocycles. The molecule has 0 amide bonds. The van der Waals surface area contributed by atoms with E-state index in [1.807, 2.05) is 0 Å². The minimum atomic E-state index is -3.45. The first kappa shape index (κ1) is 14.0. The molecular formula is C12H21N5O2S. The van der Waals surface area contributed by atoms with Crippen molar-refractivity contribution in [2.75, 3.05) is 19.6 Å². The van der Waals surface area contributed by atoms with Crippen LogP contribution in [0.3, 0.4) is 0 Å². The number of nitrogens with one attached hydrogen (secondary N) is 1. The molecule has 0 bridgehead atoms. The van der Waals surface area contributed by atoms with E-state index in [0.717, 1.165) is 19.4 Å². The van der Waals surface area contributed by atoms with Gasteiger partial charge in [-0.1, -0.05) is 5.21 Å². The molecule has 2 saturated heterocycles. The van der Waals surface area contributed by atoms with E-state index in [0.29, 0.717) is 25.0 Å². The molecule has 1 unspecified atom stereocenters. The van der Waals surface area contributed by atoms with Gasteiger partial charge in [0.15, 0.2) is 5.03 Å². The predicted molar refractivity (Wildman–Crippen MR) is 73.5 cm³/mol. The fourth-order valence-electron chi connectivity index (χ4n) is 3.28. The summed E-state index contributed by atoms with van der Waals surface area (Å²) in [7, 11) is -1.84. The number of nitrogens with zero attached hydrogens (tertiary/aromatic N) is 4. The summed E-state index contributed by atoms with van der Waals surface area (Å²) < 4.78 is 27.9. The molecule has 1 N–H and O–H groups in total. The van der Waals surface area contributed by atoms with Crippen LogP contribution in [0.5, 0.6) is 0 Å². The van der Waals surface area contributed by atoms with Crippen LogP contribution in [0.25, 0.3) is 0 Å². The Kier molecular flexibility index (Phi) is 3.78. The highest BCUT2D eigenvalue weighted by atomic mass is 32.2. The predicted octanol–water partition coefficient (Wildman–Crippen LogP) is -0.0322. The minimum absolute atomic E-state index is 0.176. The SMILES string of the molecule is Cn1nncc1S(=O)(=O)N1CCC(C2CCCN2)CC1. The molecule has 0 spiro atoms. The van der Waals surface area contributed by atoms with E-state index in [9.17, 15) is 8.42 Å². The Hall–Kier alpha value is -0.990. The molecule has 3 rings (SSSR count). The highest BCUT2D eigenvalue weighted by molar-refractivity contribution is 7.89. The maximum atomic E-state index is 12.5. The number of rotatable bonds is 3. The molecular weight excluding hydrogens is 278 g/mol. The molecule has 7 nitrogen and oxygen atoms in total. The zero-order valence-electron chi connectivity index (χ0n) is 11.7. The average Bonchev–Trinajstić information content (AvgIpc) is 3.10. The summed E-state index contributed by atoms with van der Waals surface area (Å²) in [4.78, 5) is 0. The number of hydrogen-bond donors (Lipinski definition) is 1. The van der Waals surface area contributed by atoms with Crippen LogP contribution in [0.4, 0.5) is 0 Å². The molecule has 2 aliphatic heterocycles. The lowest BCUT2D eigenvalue weighted by Crippen LogP contribution is -2.43. The Morgan fingerprint density at radius 3 is 2.60 bits per heavy atom. The maximum Gasteiger partial charge on any atom is 0.261 e. The maximum absolute atomic E-state index is 12.5. The van der Waals surface area contributed by atoms with Gasteiger partial charge in [0, 0.05) is 26.2 Å². The zero-order chi connectivity index (χ0) is 14.2. The highest BCUT2D eigenvalue weighted by Gasteiger charge is 2.34. The number of aryl methyl sites for hydroxylation is 1. The van der Waals surface area contributed by atoms with Gasteiger partial charge in [0.2, 0.25) is 0 Å². The van der Waals surface area contributed by atoms with Crippen LogP contribution in [0.15, 0.2) is 11.2 Å². The molecule has 2 fully saturated rings. The third-order valence-corrected chi connectivity index (χ3v) is 6.39. The summed E-state index contributed by atoms with van der Waals surface area (Å²) in [6.45, 7) is 2.29. The van der Waals surface area contributed by atoms with Gasteiger partial charge in [0.25, 0.3) is 10.0 Å². The second-order valence-electron chi connectivity index (χ2n) is 5.64. The number of sulfonamides is 1. The summed E-state index contributed by atoms with van der Waals surface area (Å²) in [5, 5.41) is 11.1. The van der Waals surface area contributed by atoms with Crippen molar-refractivity contribution in [1.82, 2.24) is 24.6 Å². The van der Waals surface area contributed by atoms with Crippen LogP contribution in [0.1, 0.15) is 25.7 Å². The van der Waals surface area contributed by atoms with E-state index in [1.54, 1.807) is 11.4 Å². The second kappa shape index (κ2) is 5.42. The Morgan fingerprint density at radius 2 is 2.05 bits per heavy atom. The van der Waals surface area contributed by atoms with Crippen LogP contribution < -0.4 is 5.32 Å². The summed E-state index contributed by atoms with van der Waals surface area (Å²) in [5.74, 6) is 0.605. The van der Waals surface area contributed by atoms with Crippen molar-refractivity contribution in [2.45, 2.75) is 36.8 Å². The molecule has 0 aromatic carbocycles. The number of piperidine rings is 1. The molecule has 1 aromatic rings. The first-order valence-corrected chi connectivity index (χ1v) is 8.61. The van der Waals surface area contributed by atoms with Crippen molar-refractivity contribution in [1.29, 1.82) is 0 Å². The zero-order valence-corrected chi connectivity index (χ0v) is 12.5. The van der Waals surface area contributed by atoms with Crippen molar-refractivity contribution in [3.63, 3.8) is 0 Å². The van der Waals surface area contributed by atoms with Crippen LogP contribution in [0.2, 0.25) is 0 Å². The fourth-order valence-corrected chi connectivity index (χ4v) is 4.79. The van der Waals surface area contributed by atoms with Crippen LogP contribution in [0, 0.1) is 5.92 Å². The van der Waals surface area contributed by atoms with Crippen molar-refractivity contribution in [3.8, 4) is 0 Å². The van der Waals surface area contributed by atoms with Crippen LogP contribution in [-0.2, 0) is 17.1 Å². The Morgan fingerprint density at radius 1 is 1.30 bits per heavy atom. The summed E-state index contributed by atoms with van der Waals surface area (Å²) in [5.41, 5.74) is 0. The van der Waals surface area contributed by atoms with E-state index in [-0.39, 0.29) is 5.03 Å². The standard InChI is InChI=1S/C12H21N5O2S/c1-16-12(9-14-15-16)20(18,19)17-7-4-10(5-8-17)11-3-2-6-13-11/h9-11,13H,2-8H2,1H3. The fraction of sp³-hybridized carbons (Fsp3) is 0.833. The normalized spacial score (nSPS) is 26.1. The first-order chi connectivity index (χ1) is 9.59. The van der Waals surface area contributed by atoms with Crippen molar-refractivity contribution >= 4 is 10.0 Å². The van der Waals surface area contributed by atoms with Gasteiger partial charge < -0.3 is 5.32 Å². The lowest BCUT2D eigenvalue weighted by Gasteiger charge is -2.33. The van der Waals surface area contributed by atoms with Gasteiger partial charge in [-0.25, -0.2) is 13.1 Å². The molecule has 0 radical (unpaired) electrons. The lowest BCUT2D eigenvalue weighted by molar-refractivity contribution is 0.233. The van der Waals surface area contributed by atoms with E-state index >= 15 is 0 Å². The highest BCUT2D eigenvalue weighted by Crippen LogP contribution is 2.28. The smallest absolute Gasteiger partial charge is 0.261 e. The summed E-state index contributed by atoms with van der Waals surface area (Å²) >= 11 is 0. The molecule has 0 saturated carbocycles. The largest absolute Gasteiger partial charge is 0.314 e. The van der Waals surface area contributed by atoms with Crippen LogP contribution >= 0.6 is 0 Å². The van der Waals surface area contributed by atoms with E-state index in [4.69, 9.17) is 0 Å². The number of hydrogen-bond acceptors (Lipinski definition) is 5. The van der Waals surface area contributed by atoms with E-state index in [1.165, 1.54) is 23.7 Å². The summed E-state index contributed by atoms with van der Waals surface area (Å²) in [6, 6.07) is 0.582. The van der Waals surface area contributed by atoms with Gasteiger partial charge in [-0.3, -0.25) is 0 Å². The van der Waals surface area contributed by atoms with Gasteiger partial charge in [0.05, 0.1) is 6.20 Å². The van der Waals surface area contributed by atoms with Crippen molar-refractivity contribution in [3.05, 3.63) is 6.20 Å². The molecule has 2 aliphatic rings. The summed E-state index contributed by atoms with van der Waals surface area (Å²) in [6.07, 6.45) is 5.65. The topological polar surface area (TPSA) is 80.1 Å². The van der Waals surface area contributed by atoms with Crippen molar-refractivity contribution < 1.29 is 8.42 Å². The quantitative estimate of drug-likeness (QED) is 0.847. The molecule has 0 aliphatic carbocycles. The first-order valence-electron chi connectivity index (χ1n) is 7.17. The lowest BCUT2D eigenvalue weighted by atomic mass is 9.89. The van der Waals surface area contributed by atoms with Gasteiger partial charge in [0.1, 0.15) is 0 Å². The van der Waals surface area contributed by atoms with E-state index < -0.39 is 10.0 Å². The molecule has 112 valence electrons. The van der Waals surface area contributed by atoms with Crippen LogP contribution in [-0.4, -0.2) is 53.4 Å². The third-order valence-electron chi connectivity index (χ3n) is 4.44. The number of aromatic nitrogens is 3. The minimum Gasteiger partial charge on any atom is -0.314 e. The Bertz CT molecular complexity index is 556. The monoisotopic (exact) mass is 299 g/mol. The molecule has 1 atom stereocenters. The van der Waals surface area contributed by atoms with E-state index in [2.05, 4.69) is 15.6 Å². The third kappa shape index (κ3) is 2.47. The average molecular weight is 299 g/mol. The Balaban J connectivity index is 1.67. The van der Waals surface area contributed by atoms with Gasteiger partial charge >= 0.3 is 0 Å². The van der Waals surface area contributed by atoms with Crippen molar-refractivity contribution in [2.24, 2.45) is 13.0 Å². The second-order valence-corrected chi connectivity index (χ2v) is 7.53. The molecule has 20 heavy (non-hydrogen) atoms. The molecule has 8 heteroatoms. The molecule has 3 heterocycles. The van der Waals surface area contributed by atoms with Gasteiger partial charge in [-0.05, 0) is 38.1 Å². The van der Waals surface area contributed by atoms with Gasteiger partial charge in [-0.15, -0.1) is 5.10 Å². The Labute approximate surface area is 119 Å². The van der Waals surface area contributed by atoms with Gasteiger partial charge in [-0.2, -0.15) is 4.31 Å².